The van der Waals surface area contributed by atoms with Gasteiger partial charge in [-0.25, -0.2) is 10.4 Å². The number of carbonyl (C=O) groups is 1. The van der Waals surface area contributed by atoms with E-state index in [1.807, 2.05) is 6.07 Å². The molecule has 5 nitrogen and oxygen atoms in total. The smallest absolute Gasteiger partial charge is 0.274 e. The van der Waals surface area contributed by atoms with E-state index < -0.39 is 0 Å². The lowest BCUT2D eigenvalue weighted by Crippen LogP contribution is -2.18. The summed E-state index contributed by atoms with van der Waals surface area (Å²) >= 11 is 5.88. The highest BCUT2D eigenvalue weighted by molar-refractivity contribution is 6.32. The van der Waals surface area contributed by atoms with Gasteiger partial charge in [0.1, 0.15) is 5.15 Å². The lowest BCUT2D eigenvalue weighted by molar-refractivity contribution is 0.0955. The Morgan fingerprint density at radius 2 is 2.17 bits per heavy atom. The summed E-state index contributed by atoms with van der Waals surface area (Å²) < 4.78 is 2.25. The number of amides is 1. The Bertz CT molecular complexity index is 704. The molecule has 0 spiro atoms. The zero-order valence-corrected chi connectivity index (χ0v) is 13.5. The molecule has 0 aromatic carbocycles. The van der Waals surface area contributed by atoms with E-state index in [2.05, 4.69) is 32.5 Å². The molecule has 1 fully saturated rings. The molecule has 3 rings (SSSR count). The molecule has 0 atom stereocenters. The van der Waals surface area contributed by atoms with E-state index in [1.54, 1.807) is 18.3 Å². The average Bonchev–Trinajstić information content (AvgIpc) is 3.05. The molecule has 6 heteroatoms. The van der Waals surface area contributed by atoms with Gasteiger partial charge in [0.25, 0.3) is 5.91 Å². The second kappa shape index (κ2) is 7.42. The Hall–Kier alpha value is -2.14. The summed E-state index contributed by atoms with van der Waals surface area (Å²) in [6.07, 6.45) is 13.7. The van der Waals surface area contributed by atoms with Crippen molar-refractivity contribution in [3.05, 3.63) is 53.1 Å². The molecule has 120 valence electrons. The van der Waals surface area contributed by atoms with Crippen LogP contribution in [0.3, 0.4) is 0 Å². The number of rotatable bonds is 4. The average molecular weight is 331 g/mol. The predicted molar refractivity (Wildman–Crippen MR) is 90.9 cm³/mol. The Kier molecular flexibility index (Phi) is 5.08. The molecule has 1 saturated carbocycles. The number of nitrogens with one attached hydrogen (secondary N) is 1. The number of hydrogen-bond acceptors (Lipinski definition) is 3. The van der Waals surface area contributed by atoms with E-state index >= 15 is 0 Å². The molecule has 0 bridgehead atoms. The van der Waals surface area contributed by atoms with Gasteiger partial charge in [-0.15, -0.1) is 0 Å². The minimum Gasteiger partial charge on any atom is -0.351 e. The standard InChI is InChI=1S/C17H19ClN4O/c18-16-15(7-4-9-19-16)17(23)21-20-11-13-8-10-22(12-13)14-5-2-1-3-6-14/h4,7-12,14H,1-3,5-6H2,(H,21,23)/b20-11-. The molecular weight excluding hydrogens is 312 g/mol. The third kappa shape index (κ3) is 3.99. The Labute approximate surface area is 140 Å². The summed E-state index contributed by atoms with van der Waals surface area (Å²) in [5, 5.41) is 4.16. The Morgan fingerprint density at radius 3 is 2.96 bits per heavy atom. The molecule has 0 aliphatic heterocycles. The third-order valence-corrected chi connectivity index (χ3v) is 4.42. The van der Waals surface area contributed by atoms with Gasteiger partial charge in [0.2, 0.25) is 0 Å². The van der Waals surface area contributed by atoms with Crippen LogP contribution in [0.2, 0.25) is 5.15 Å². The van der Waals surface area contributed by atoms with E-state index in [1.165, 1.54) is 38.3 Å². The number of hydrazone groups is 1. The highest BCUT2D eigenvalue weighted by Gasteiger charge is 2.14. The van der Waals surface area contributed by atoms with Gasteiger partial charge in [-0.1, -0.05) is 30.9 Å². The number of pyridine rings is 1. The fraction of sp³-hybridized carbons (Fsp3) is 0.353. The molecule has 0 saturated heterocycles. The van der Waals surface area contributed by atoms with E-state index in [9.17, 15) is 4.79 Å². The molecular formula is C17H19ClN4O. The van der Waals surface area contributed by atoms with Crippen LogP contribution in [-0.4, -0.2) is 21.7 Å². The summed E-state index contributed by atoms with van der Waals surface area (Å²) in [4.78, 5) is 15.8. The predicted octanol–water partition coefficient (Wildman–Crippen LogP) is 3.81. The van der Waals surface area contributed by atoms with E-state index in [0.717, 1.165) is 5.56 Å². The first-order valence-electron chi connectivity index (χ1n) is 7.85. The molecule has 0 unspecified atom stereocenters. The fourth-order valence-electron chi connectivity index (χ4n) is 2.89. The topological polar surface area (TPSA) is 59.3 Å². The molecule has 1 N–H and O–H groups in total. The third-order valence-electron chi connectivity index (χ3n) is 4.12. The van der Waals surface area contributed by atoms with Crippen molar-refractivity contribution < 1.29 is 4.79 Å². The second-order valence-corrected chi connectivity index (χ2v) is 6.08. The number of nitrogens with zero attached hydrogens (tertiary/aromatic N) is 3. The van der Waals surface area contributed by atoms with E-state index in [0.29, 0.717) is 11.6 Å². The first-order chi connectivity index (χ1) is 11.2. The summed E-state index contributed by atoms with van der Waals surface area (Å²) in [7, 11) is 0. The van der Waals surface area contributed by atoms with Crippen molar-refractivity contribution in [3.8, 4) is 0 Å². The Morgan fingerprint density at radius 1 is 1.35 bits per heavy atom. The van der Waals surface area contributed by atoms with Crippen LogP contribution in [0.4, 0.5) is 0 Å². The minimum absolute atomic E-state index is 0.170. The van der Waals surface area contributed by atoms with Gasteiger partial charge in [0.15, 0.2) is 0 Å². The summed E-state index contributed by atoms with van der Waals surface area (Å²) in [6, 6.07) is 5.87. The quantitative estimate of drug-likeness (QED) is 0.526. The van der Waals surface area contributed by atoms with Gasteiger partial charge < -0.3 is 4.57 Å². The lowest BCUT2D eigenvalue weighted by Gasteiger charge is -2.23. The van der Waals surface area contributed by atoms with Crippen LogP contribution in [0, 0.1) is 0 Å². The van der Waals surface area contributed by atoms with E-state index in [4.69, 9.17) is 11.6 Å². The number of carbonyl (C=O) groups excluding carboxylic acids is 1. The number of aromatic nitrogens is 2. The van der Waals surface area contributed by atoms with Gasteiger partial charge in [-0.2, -0.15) is 5.10 Å². The van der Waals surface area contributed by atoms with Crippen molar-refractivity contribution in [3.63, 3.8) is 0 Å². The van der Waals surface area contributed by atoms with Crippen molar-refractivity contribution >= 4 is 23.7 Å². The van der Waals surface area contributed by atoms with Gasteiger partial charge >= 0.3 is 0 Å². The molecule has 0 radical (unpaired) electrons. The Balaban J connectivity index is 1.59. The lowest BCUT2D eigenvalue weighted by atomic mass is 9.95. The highest BCUT2D eigenvalue weighted by atomic mass is 35.5. The molecule has 1 aliphatic carbocycles. The minimum atomic E-state index is -0.369. The van der Waals surface area contributed by atoms with Crippen LogP contribution in [0.5, 0.6) is 0 Å². The molecule has 23 heavy (non-hydrogen) atoms. The molecule has 2 aromatic heterocycles. The monoisotopic (exact) mass is 330 g/mol. The van der Waals surface area contributed by atoms with Crippen molar-refractivity contribution in [2.45, 2.75) is 38.1 Å². The van der Waals surface area contributed by atoms with Crippen molar-refractivity contribution in [2.24, 2.45) is 5.10 Å². The zero-order chi connectivity index (χ0) is 16.1. The first-order valence-corrected chi connectivity index (χ1v) is 8.23. The fourth-order valence-corrected chi connectivity index (χ4v) is 3.10. The highest BCUT2D eigenvalue weighted by Crippen LogP contribution is 2.28. The van der Waals surface area contributed by atoms with Crippen LogP contribution in [-0.2, 0) is 0 Å². The SMILES string of the molecule is O=C(N/N=C\c1ccn(C2CCCCC2)c1)c1cccnc1Cl. The van der Waals surface area contributed by atoms with Gasteiger partial charge in [-0.05, 0) is 31.0 Å². The largest absolute Gasteiger partial charge is 0.351 e. The number of halogens is 1. The molecule has 1 amide bonds. The van der Waals surface area contributed by atoms with Crippen LogP contribution >= 0.6 is 11.6 Å². The molecule has 2 aromatic rings. The van der Waals surface area contributed by atoms with E-state index in [-0.39, 0.29) is 11.1 Å². The maximum absolute atomic E-state index is 12.0. The number of hydrogen-bond donors (Lipinski definition) is 1. The molecule has 1 aliphatic rings. The van der Waals surface area contributed by atoms with Crippen LogP contribution in [0.1, 0.15) is 54.1 Å². The van der Waals surface area contributed by atoms with Crippen molar-refractivity contribution in [1.29, 1.82) is 0 Å². The maximum Gasteiger partial charge on any atom is 0.274 e. The normalized spacial score (nSPS) is 15.9. The van der Waals surface area contributed by atoms with Crippen molar-refractivity contribution in [1.82, 2.24) is 15.0 Å². The van der Waals surface area contributed by atoms with Crippen LogP contribution in [0.25, 0.3) is 0 Å². The van der Waals surface area contributed by atoms with Crippen LogP contribution < -0.4 is 5.43 Å². The summed E-state index contributed by atoms with van der Waals surface area (Å²) in [5.74, 6) is -0.369. The summed E-state index contributed by atoms with van der Waals surface area (Å²) in [6.45, 7) is 0. The summed E-state index contributed by atoms with van der Waals surface area (Å²) in [5.41, 5.74) is 3.75. The molecule has 2 heterocycles. The maximum atomic E-state index is 12.0. The van der Waals surface area contributed by atoms with Gasteiger partial charge in [0, 0.05) is 30.2 Å². The first kappa shape index (κ1) is 15.7. The van der Waals surface area contributed by atoms with Crippen molar-refractivity contribution in [2.75, 3.05) is 0 Å². The second-order valence-electron chi connectivity index (χ2n) is 5.72. The van der Waals surface area contributed by atoms with Gasteiger partial charge in [-0.3, -0.25) is 4.79 Å². The van der Waals surface area contributed by atoms with Crippen LogP contribution in [0.15, 0.2) is 41.9 Å². The van der Waals surface area contributed by atoms with Gasteiger partial charge in [0.05, 0.1) is 11.8 Å². The zero-order valence-electron chi connectivity index (χ0n) is 12.8.